The summed E-state index contributed by atoms with van der Waals surface area (Å²) < 4.78 is 12.2. The number of allylic oxidation sites excluding steroid dienone is 1. The third-order valence-electron chi connectivity index (χ3n) is 6.58. The van der Waals surface area contributed by atoms with E-state index in [9.17, 15) is 9.90 Å². The van der Waals surface area contributed by atoms with E-state index in [0.717, 1.165) is 29.5 Å². The van der Waals surface area contributed by atoms with Gasteiger partial charge < -0.3 is 19.5 Å². The van der Waals surface area contributed by atoms with E-state index in [0.29, 0.717) is 18.8 Å². The van der Waals surface area contributed by atoms with Gasteiger partial charge in [0.25, 0.3) is 5.91 Å². The molecule has 2 aliphatic rings. The molecule has 1 amide bonds. The SMILES string of the molecule is CN(C(=O)C1=CC(c2ccccc2)CC(OCc2ccc(CO)cc2)O1)C1CCCCC1. The van der Waals surface area contributed by atoms with Gasteiger partial charge in [-0.15, -0.1) is 0 Å². The van der Waals surface area contributed by atoms with Crippen LogP contribution in [-0.4, -0.2) is 35.3 Å². The first-order valence-corrected chi connectivity index (χ1v) is 11.6. The van der Waals surface area contributed by atoms with Crippen molar-refractivity contribution in [1.29, 1.82) is 0 Å². The first kappa shape index (κ1) is 22.6. The summed E-state index contributed by atoms with van der Waals surface area (Å²) in [4.78, 5) is 15.2. The number of aliphatic hydroxyl groups is 1. The van der Waals surface area contributed by atoms with Gasteiger partial charge in [0.2, 0.25) is 6.29 Å². The van der Waals surface area contributed by atoms with Crippen molar-refractivity contribution in [2.75, 3.05) is 7.05 Å². The smallest absolute Gasteiger partial charge is 0.288 e. The number of carbonyl (C=O) groups excluding carboxylic acids is 1. The molecule has 0 aromatic heterocycles. The Morgan fingerprint density at radius 1 is 1.03 bits per heavy atom. The summed E-state index contributed by atoms with van der Waals surface area (Å²) in [7, 11) is 1.90. The highest BCUT2D eigenvalue weighted by Gasteiger charge is 2.32. The minimum Gasteiger partial charge on any atom is -0.459 e. The summed E-state index contributed by atoms with van der Waals surface area (Å²) in [6, 6.07) is 18.2. The molecule has 1 aliphatic heterocycles. The van der Waals surface area contributed by atoms with E-state index in [-0.39, 0.29) is 24.5 Å². The first-order chi connectivity index (χ1) is 15.6. The highest BCUT2D eigenvalue weighted by molar-refractivity contribution is 5.91. The van der Waals surface area contributed by atoms with E-state index in [2.05, 4.69) is 12.1 Å². The Kier molecular flexibility index (Phi) is 7.61. The Morgan fingerprint density at radius 2 is 1.72 bits per heavy atom. The lowest BCUT2D eigenvalue weighted by Gasteiger charge is -2.34. The third kappa shape index (κ3) is 5.59. The summed E-state index contributed by atoms with van der Waals surface area (Å²) in [6.07, 6.45) is 7.84. The molecule has 5 heteroatoms. The van der Waals surface area contributed by atoms with E-state index in [1.807, 2.05) is 60.5 Å². The fraction of sp³-hybridized carbons (Fsp3) is 0.444. The van der Waals surface area contributed by atoms with Gasteiger partial charge in [-0.2, -0.15) is 0 Å². The van der Waals surface area contributed by atoms with E-state index in [4.69, 9.17) is 9.47 Å². The molecule has 0 spiro atoms. The molecule has 2 unspecified atom stereocenters. The lowest BCUT2D eigenvalue weighted by molar-refractivity contribution is -0.156. The largest absolute Gasteiger partial charge is 0.459 e. The number of ether oxygens (including phenoxy) is 2. The number of benzene rings is 2. The van der Waals surface area contributed by atoms with Crippen molar-refractivity contribution >= 4 is 5.91 Å². The predicted octanol–water partition coefficient (Wildman–Crippen LogP) is 4.90. The first-order valence-electron chi connectivity index (χ1n) is 11.6. The van der Waals surface area contributed by atoms with Crippen molar-refractivity contribution in [3.05, 3.63) is 83.1 Å². The summed E-state index contributed by atoms with van der Waals surface area (Å²) >= 11 is 0. The van der Waals surface area contributed by atoms with E-state index in [1.54, 1.807) is 0 Å². The van der Waals surface area contributed by atoms with Crippen molar-refractivity contribution < 1.29 is 19.4 Å². The van der Waals surface area contributed by atoms with Gasteiger partial charge in [-0.3, -0.25) is 4.79 Å². The zero-order valence-electron chi connectivity index (χ0n) is 18.8. The molecule has 170 valence electrons. The van der Waals surface area contributed by atoms with Gasteiger partial charge in [-0.05, 0) is 35.6 Å². The monoisotopic (exact) mass is 435 g/mol. The van der Waals surface area contributed by atoms with Gasteiger partial charge in [0.05, 0.1) is 13.2 Å². The molecule has 0 radical (unpaired) electrons. The van der Waals surface area contributed by atoms with Gasteiger partial charge in [0, 0.05) is 25.4 Å². The molecule has 1 aliphatic carbocycles. The average molecular weight is 436 g/mol. The second-order valence-electron chi connectivity index (χ2n) is 8.82. The zero-order chi connectivity index (χ0) is 22.3. The molecule has 0 saturated heterocycles. The Hall–Kier alpha value is -2.63. The van der Waals surface area contributed by atoms with Crippen LogP contribution in [0.4, 0.5) is 0 Å². The second kappa shape index (κ2) is 10.8. The van der Waals surface area contributed by atoms with Crippen LogP contribution < -0.4 is 0 Å². The maximum atomic E-state index is 13.3. The van der Waals surface area contributed by atoms with Crippen LogP contribution >= 0.6 is 0 Å². The second-order valence-corrected chi connectivity index (χ2v) is 8.82. The molecule has 1 N–H and O–H groups in total. The number of hydrogen-bond acceptors (Lipinski definition) is 4. The number of hydrogen-bond donors (Lipinski definition) is 1. The number of amides is 1. The molecule has 2 atom stereocenters. The molecule has 4 rings (SSSR count). The van der Waals surface area contributed by atoms with Crippen LogP contribution in [-0.2, 0) is 27.5 Å². The van der Waals surface area contributed by atoms with Gasteiger partial charge in [0.15, 0.2) is 5.76 Å². The van der Waals surface area contributed by atoms with Gasteiger partial charge in [0.1, 0.15) is 0 Å². The van der Waals surface area contributed by atoms with Crippen LogP contribution in [0.25, 0.3) is 0 Å². The van der Waals surface area contributed by atoms with Crippen LogP contribution in [0.15, 0.2) is 66.4 Å². The zero-order valence-corrected chi connectivity index (χ0v) is 18.8. The molecule has 5 nitrogen and oxygen atoms in total. The highest BCUT2D eigenvalue weighted by Crippen LogP contribution is 2.33. The van der Waals surface area contributed by atoms with Crippen molar-refractivity contribution in [1.82, 2.24) is 4.90 Å². The quantitative estimate of drug-likeness (QED) is 0.672. The van der Waals surface area contributed by atoms with Crippen LogP contribution in [0.2, 0.25) is 0 Å². The summed E-state index contributed by atoms with van der Waals surface area (Å²) in [5.74, 6) is 0.391. The minimum atomic E-state index is -0.499. The molecular formula is C27H33NO4. The number of aliphatic hydroxyl groups excluding tert-OH is 1. The number of nitrogens with zero attached hydrogens (tertiary/aromatic N) is 1. The lowest BCUT2D eigenvalue weighted by atomic mass is 9.92. The Labute approximate surface area is 190 Å². The fourth-order valence-corrected chi connectivity index (χ4v) is 4.58. The lowest BCUT2D eigenvalue weighted by Crippen LogP contribution is -2.41. The minimum absolute atomic E-state index is 0.0242. The van der Waals surface area contributed by atoms with Crippen molar-refractivity contribution in [2.45, 2.75) is 70.0 Å². The molecule has 1 saturated carbocycles. The normalized spacial score (nSPS) is 21.5. The fourth-order valence-electron chi connectivity index (χ4n) is 4.58. The van der Waals surface area contributed by atoms with Crippen molar-refractivity contribution in [3.63, 3.8) is 0 Å². The Balaban J connectivity index is 1.48. The molecule has 2 aromatic carbocycles. The maximum Gasteiger partial charge on any atom is 0.288 e. The summed E-state index contributed by atoms with van der Waals surface area (Å²) in [5, 5.41) is 9.23. The Bertz CT molecular complexity index is 903. The highest BCUT2D eigenvalue weighted by atomic mass is 16.7. The topological polar surface area (TPSA) is 59.0 Å². The van der Waals surface area contributed by atoms with Gasteiger partial charge in [-0.1, -0.05) is 73.9 Å². The van der Waals surface area contributed by atoms with E-state index < -0.39 is 6.29 Å². The number of likely N-dealkylation sites (N-methyl/N-ethyl adjacent to an activating group) is 1. The van der Waals surface area contributed by atoms with Crippen LogP contribution in [0.3, 0.4) is 0 Å². The van der Waals surface area contributed by atoms with Crippen LogP contribution in [0.1, 0.15) is 61.1 Å². The van der Waals surface area contributed by atoms with Crippen molar-refractivity contribution in [2.24, 2.45) is 0 Å². The molecule has 0 bridgehead atoms. The van der Waals surface area contributed by atoms with Gasteiger partial charge in [-0.25, -0.2) is 0 Å². The van der Waals surface area contributed by atoms with Crippen LogP contribution in [0, 0.1) is 0 Å². The maximum absolute atomic E-state index is 13.3. The molecule has 1 heterocycles. The summed E-state index contributed by atoms with van der Waals surface area (Å²) in [5.41, 5.74) is 3.03. The Morgan fingerprint density at radius 3 is 2.41 bits per heavy atom. The standard InChI is InChI=1S/C27H33NO4/c1-28(24-10-6-3-7-11-24)27(30)25-16-23(22-8-4-2-5-9-22)17-26(32-25)31-19-21-14-12-20(18-29)13-15-21/h2,4-5,8-9,12-16,23-24,26,29H,3,6-7,10-11,17-19H2,1H3. The van der Waals surface area contributed by atoms with Gasteiger partial charge >= 0.3 is 0 Å². The van der Waals surface area contributed by atoms with Crippen LogP contribution in [0.5, 0.6) is 0 Å². The van der Waals surface area contributed by atoms with Crippen molar-refractivity contribution in [3.8, 4) is 0 Å². The number of rotatable bonds is 7. The third-order valence-corrected chi connectivity index (χ3v) is 6.58. The summed E-state index contributed by atoms with van der Waals surface area (Å²) in [6.45, 7) is 0.411. The average Bonchev–Trinajstić information content (AvgIpc) is 2.87. The molecule has 2 aromatic rings. The number of carbonyl (C=O) groups is 1. The van der Waals surface area contributed by atoms with E-state index >= 15 is 0 Å². The molecular weight excluding hydrogens is 402 g/mol. The molecule has 32 heavy (non-hydrogen) atoms. The molecule has 1 fully saturated rings. The predicted molar refractivity (Wildman–Crippen MR) is 124 cm³/mol. The van der Waals surface area contributed by atoms with E-state index in [1.165, 1.54) is 19.3 Å².